The molecule has 0 saturated heterocycles. The van der Waals surface area contributed by atoms with Gasteiger partial charge in [-0.15, -0.1) is 0 Å². The van der Waals surface area contributed by atoms with Crippen LogP contribution in [0.2, 0.25) is 5.15 Å². The molecular formula is C25H32ClF3N4O6S. The Hall–Kier alpha value is -3.00. The molecule has 10 nitrogen and oxygen atoms in total. The van der Waals surface area contributed by atoms with Crippen molar-refractivity contribution in [1.29, 1.82) is 0 Å². The molecule has 1 aromatic heterocycles. The number of nitrogens with zero attached hydrogens (tertiary/aromatic N) is 3. The monoisotopic (exact) mass is 608 g/mol. The Kier molecular flexibility index (Phi) is 8.49. The van der Waals surface area contributed by atoms with E-state index in [4.69, 9.17) is 16.3 Å². The van der Waals surface area contributed by atoms with Gasteiger partial charge in [-0.2, -0.15) is 18.3 Å². The first-order valence-corrected chi connectivity index (χ1v) is 14.2. The van der Waals surface area contributed by atoms with E-state index in [-0.39, 0.29) is 39.4 Å². The second kappa shape index (κ2) is 10.8. The maximum atomic E-state index is 14.0. The quantitative estimate of drug-likeness (QED) is 0.402. The topological polar surface area (TPSA) is 120 Å². The lowest BCUT2D eigenvalue weighted by molar-refractivity contribution is -0.242. The summed E-state index contributed by atoms with van der Waals surface area (Å²) in [4.78, 5) is 24.3. The van der Waals surface area contributed by atoms with Crippen LogP contribution in [-0.2, 0) is 26.1 Å². The number of carbonyl (C=O) groups is 2. The zero-order valence-corrected chi connectivity index (χ0v) is 24.7. The third-order valence-electron chi connectivity index (χ3n) is 6.87. The number of fused-ring (bicyclic) bond motifs is 1. The Balaban J connectivity index is 2.08. The summed E-state index contributed by atoms with van der Waals surface area (Å²) in [6, 6.07) is 3.08. The zero-order chi connectivity index (χ0) is 30.4. The molecule has 0 aliphatic carbocycles. The lowest BCUT2D eigenvalue weighted by atomic mass is 9.81. The highest BCUT2D eigenvalue weighted by Crippen LogP contribution is 2.44. The van der Waals surface area contributed by atoms with Gasteiger partial charge in [0.2, 0.25) is 5.60 Å². The Bertz CT molecular complexity index is 1410. The van der Waals surface area contributed by atoms with Crippen molar-refractivity contribution in [3.05, 3.63) is 29.5 Å². The molecule has 0 radical (unpaired) electrons. The lowest BCUT2D eigenvalue weighted by Gasteiger charge is -2.42. The van der Waals surface area contributed by atoms with Gasteiger partial charge in [0, 0.05) is 23.8 Å². The van der Waals surface area contributed by atoms with Gasteiger partial charge in [-0.25, -0.2) is 13.2 Å². The number of aromatic nitrogens is 2. The highest BCUT2D eigenvalue weighted by molar-refractivity contribution is 7.93. The molecule has 1 aliphatic heterocycles. The van der Waals surface area contributed by atoms with Gasteiger partial charge in [0.15, 0.2) is 5.15 Å². The van der Waals surface area contributed by atoms with Gasteiger partial charge in [-0.3, -0.25) is 19.1 Å². The van der Waals surface area contributed by atoms with Crippen LogP contribution < -0.4 is 14.4 Å². The van der Waals surface area contributed by atoms with Crippen LogP contribution in [0.15, 0.2) is 29.3 Å². The Morgan fingerprint density at radius 2 is 1.82 bits per heavy atom. The number of benzene rings is 1. The maximum absolute atomic E-state index is 14.0. The van der Waals surface area contributed by atoms with Crippen LogP contribution >= 0.6 is 11.6 Å². The number of ketones is 1. The smallest absolute Gasteiger partial charge is 0.427 e. The molecule has 1 aliphatic rings. The van der Waals surface area contributed by atoms with E-state index in [9.17, 15) is 31.2 Å². The minimum Gasteiger partial charge on any atom is -0.486 e. The number of hydrogen-bond acceptors (Lipinski definition) is 7. The predicted octanol–water partition coefficient (Wildman–Crippen LogP) is 5.80. The molecule has 1 aromatic carbocycles. The molecule has 222 valence electrons. The molecule has 0 fully saturated rings. The number of alkyl halides is 3. The summed E-state index contributed by atoms with van der Waals surface area (Å²) >= 11 is 6.21. The van der Waals surface area contributed by atoms with Crippen molar-refractivity contribution in [3.8, 4) is 5.75 Å². The molecule has 15 heteroatoms. The van der Waals surface area contributed by atoms with E-state index in [1.165, 1.54) is 36.0 Å². The van der Waals surface area contributed by atoms with E-state index in [1.807, 2.05) is 0 Å². The standard InChI is InChI=1S/C25H32ClF3N4O6S/c1-8-32-13-20(21(26)31-32)40(36,37)33-14(2)19(12-23(4,5)15(3)34)38-18-10-9-16(11-17(18)33)30-22(35)39-24(6,7)25(27,28)29/h9-11,13-14,19H,8,12H2,1-7H3,(H,30,35)/t14-,19-/m0/s1. The second-order valence-electron chi connectivity index (χ2n) is 10.7. The van der Waals surface area contributed by atoms with Crippen molar-refractivity contribution in [3.63, 3.8) is 0 Å². The number of ether oxygens (including phenoxy) is 2. The molecule has 2 aromatic rings. The molecule has 3 rings (SSSR count). The fraction of sp³-hybridized carbons (Fsp3) is 0.560. The van der Waals surface area contributed by atoms with Gasteiger partial charge < -0.3 is 9.47 Å². The number of carbonyl (C=O) groups excluding carboxylic acids is 2. The normalized spacial score (nSPS) is 18.1. The summed E-state index contributed by atoms with van der Waals surface area (Å²) in [6.07, 6.45) is -5.52. The predicted molar refractivity (Wildman–Crippen MR) is 142 cm³/mol. The Labute approximate surface area is 235 Å². The van der Waals surface area contributed by atoms with Gasteiger partial charge in [0.1, 0.15) is 22.5 Å². The molecule has 1 N–H and O–H groups in total. The summed E-state index contributed by atoms with van der Waals surface area (Å²) in [5, 5.41) is 5.97. The summed E-state index contributed by atoms with van der Waals surface area (Å²) in [5.74, 6) is -0.00446. The minimum absolute atomic E-state index is 0.00224. The number of anilines is 2. The van der Waals surface area contributed by atoms with E-state index < -0.39 is 45.5 Å². The van der Waals surface area contributed by atoms with Gasteiger partial charge in [0.25, 0.3) is 10.0 Å². The van der Waals surface area contributed by atoms with Crippen LogP contribution in [0.25, 0.3) is 0 Å². The Morgan fingerprint density at radius 1 is 1.20 bits per heavy atom. The number of halogens is 4. The minimum atomic E-state index is -4.82. The van der Waals surface area contributed by atoms with Gasteiger partial charge >= 0.3 is 12.3 Å². The summed E-state index contributed by atoms with van der Waals surface area (Å²) in [6.45, 7) is 9.99. The fourth-order valence-corrected chi connectivity index (χ4v) is 6.09. The number of nitrogens with one attached hydrogen (secondary N) is 1. The molecular weight excluding hydrogens is 577 g/mol. The summed E-state index contributed by atoms with van der Waals surface area (Å²) in [5.41, 5.74) is -3.66. The number of hydrogen-bond donors (Lipinski definition) is 1. The van der Waals surface area contributed by atoms with Crippen LogP contribution in [0.4, 0.5) is 29.3 Å². The molecule has 1 amide bonds. The van der Waals surface area contributed by atoms with E-state index in [0.717, 1.165) is 4.31 Å². The lowest BCUT2D eigenvalue weighted by Crippen LogP contribution is -2.52. The first-order chi connectivity index (χ1) is 18.2. The van der Waals surface area contributed by atoms with Crippen molar-refractivity contribution in [2.24, 2.45) is 5.41 Å². The van der Waals surface area contributed by atoms with Crippen molar-refractivity contribution in [2.75, 3.05) is 9.62 Å². The number of sulfonamides is 1. The highest BCUT2D eigenvalue weighted by atomic mass is 35.5. The van der Waals surface area contributed by atoms with Crippen LogP contribution in [0.5, 0.6) is 5.75 Å². The number of aryl methyl sites for hydroxylation is 1. The second-order valence-corrected chi connectivity index (χ2v) is 12.8. The van der Waals surface area contributed by atoms with E-state index >= 15 is 0 Å². The molecule has 0 spiro atoms. The van der Waals surface area contributed by atoms with E-state index in [0.29, 0.717) is 20.4 Å². The Morgan fingerprint density at radius 3 is 2.35 bits per heavy atom. The molecule has 0 saturated carbocycles. The molecule has 0 unspecified atom stereocenters. The maximum Gasteiger partial charge on any atom is 0.427 e. The van der Waals surface area contributed by atoms with E-state index in [2.05, 4.69) is 15.2 Å². The van der Waals surface area contributed by atoms with E-state index in [1.54, 1.807) is 27.7 Å². The third kappa shape index (κ3) is 6.17. The SMILES string of the molecule is CCn1cc(S(=O)(=O)N2c3cc(NC(=O)OC(C)(C)C(F)(F)F)ccc3O[C@@H](CC(C)(C)C(C)=O)[C@@H]2C)c(Cl)n1. The molecule has 2 atom stereocenters. The average molecular weight is 609 g/mol. The summed E-state index contributed by atoms with van der Waals surface area (Å²) in [7, 11) is -4.39. The number of rotatable bonds is 8. The van der Waals surface area contributed by atoms with Crippen molar-refractivity contribution in [2.45, 2.75) is 90.3 Å². The molecule has 2 heterocycles. The number of Topliss-reactive ketones (excluding diaryl/α,β-unsaturated/α-hetero) is 1. The first kappa shape index (κ1) is 31.5. The van der Waals surface area contributed by atoms with Crippen LogP contribution in [0.1, 0.15) is 54.9 Å². The number of amides is 1. The van der Waals surface area contributed by atoms with Crippen molar-refractivity contribution in [1.82, 2.24) is 9.78 Å². The average Bonchev–Trinajstić information content (AvgIpc) is 3.20. The summed E-state index contributed by atoms with van der Waals surface area (Å²) < 4.78 is 80.7. The first-order valence-electron chi connectivity index (χ1n) is 12.4. The van der Waals surface area contributed by atoms with Gasteiger partial charge in [-0.1, -0.05) is 25.4 Å². The molecule has 40 heavy (non-hydrogen) atoms. The van der Waals surface area contributed by atoms with Crippen LogP contribution in [0, 0.1) is 5.41 Å². The van der Waals surface area contributed by atoms with Crippen LogP contribution in [-0.4, -0.2) is 54.0 Å². The fourth-order valence-electron chi connectivity index (χ4n) is 3.96. The van der Waals surface area contributed by atoms with Crippen molar-refractivity contribution < 1.29 is 40.7 Å². The third-order valence-corrected chi connectivity index (χ3v) is 9.16. The van der Waals surface area contributed by atoms with Crippen LogP contribution in [0.3, 0.4) is 0 Å². The zero-order valence-electron chi connectivity index (χ0n) is 23.1. The van der Waals surface area contributed by atoms with Gasteiger partial charge in [-0.05, 0) is 59.2 Å². The highest BCUT2D eigenvalue weighted by Gasteiger charge is 2.51. The van der Waals surface area contributed by atoms with Gasteiger partial charge in [0.05, 0.1) is 11.7 Å². The molecule has 0 bridgehead atoms. The van der Waals surface area contributed by atoms with Crippen molar-refractivity contribution >= 4 is 44.9 Å². The largest absolute Gasteiger partial charge is 0.486 e.